The van der Waals surface area contributed by atoms with Gasteiger partial charge in [0, 0.05) is 13.1 Å². The molecule has 1 aliphatic rings. The summed E-state index contributed by atoms with van der Waals surface area (Å²) in [5.74, 6) is 0.428. The van der Waals surface area contributed by atoms with Crippen LogP contribution in [0.1, 0.15) is 11.1 Å². The van der Waals surface area contributed by atoms with Crippen LogP contribution >= 0.6 is 0 Å². The first-order valence-electron chi connectivity index (χ1n) is 6.20. The van der Waals surface area contributed by atoms with E-state index in [1.807, 2.05) is 19.9 Å². The number of sulfonamides is 1. The Labute approximate surface area is 114 Å². The number of hydrogen-bond donors (Lipinski definition) is 0. The van der Waals surface area contributed by atoms with Crippen molar-refractivity contribution in [1.82, 2.24) is 4.31 Å². The first kappa shape index (κ1) is 14.3. The Balaban J connectivity index is 2.50. The number of aryl methyl sites for hydroxylation is 2. The molecule has 0 radical (unpaired) electrons. The van der Waals surface area contributed by atoms with Gasteiger partial charge < -0.3 is 9.47 Å². The number of benzene rings is 1. The molecule has 1 heterocycles. The zero-order valence-electron chi connectivity index (χ0n) is 11.5. The van der Waals surface area contributed by atoms with Crippen molar-refractivity contribution in [2.24, 2.45) is 0 Å². The van der Waals surface area contributed by atoms with E-state index in [1.54, 1.807) is 6.07 Å². The van der Waals surface area contributed by atoms with E-state index >= 15 is 0 Å². The fourth-order valence-electron chi connectivity index (χ4n) is 2.29. The minimum atomic E-state index is -3.52. The highest BCUT2D eigenvalue weighted by atomic mass is 32.2. The second kappa shape index (κ2) is 5.48. The van der Waals surface area contributed by atoms with Crippen molar-refractivity contribution in [1.29, 1.82) is 0 Å². The maximum Gasteiger partial charge on any atom is 0.246 e. The maximum atomic E-state index is 12.7. The molecule has 0 N–H and O–H groups in total. The van der Waals surface area contributed by atoms with Gasteiger partial charge in [-0.25, -0.2) is 8.42 Å². The Hall–Kier alpha value is -1.11. The van der Waals surface area contributed by atoms with E-state index in [0.29, 0.717) is 32.1 Å². The summed E-state index contributed by atoms with van der Waals surface area (Å²) in [7, 11) is -2.03. The number of hydrogen-bond acceptors (Lipinski definition) is 4. The van der Waals surface area contributed by atoms with Gasteiger partial charge in [0.05, 0.1) is 20.3 Å². The van der Waals surface area contributed by atoms with E-state index in [0.717, 1.165) is 11.1 Å². The lowest BCUT2D eigenvalue weighted by Gasteiger charge is -2.27. The van der Waals surface area contributed by atoms with Gasteiger partial charge in [0.1, 0.15) is 10.6 Å². The van der Waals surface area contributed by atoms with Crippen molar-refractivity contribution in [3.05, 3.63) is 23.3 Å². The van der Waals surface area contributed by atoms with Crippen LogP contribution in [0.5, 0.6) is 5.75 Å². The summed E-state index contributed by atoms with van der Waals surface area (Å²) < 4.78 is 37.2. The third kappa shape index (κ3) is 2.75. The third-order valence-corrected chi connectivity index (χ3v) is 5.08. The molecular formula is C13H19NO4S. The van der Waals surface area contributed by atoms with E-state index in [-0.39, 0.29) is 4.90 Å². The molecule has 0 atom stereocenters. The zero-order valence-corrected chi connectivity index (χ0v) is 12.3. The topological polar surface area (TPSA) is 55.8 Å². The van der Waals surface area contributed by atoms with Crippen LogP contribution in [0.25, 0.3) is 0 Å². The Morgan fingerprint density at radius 2 is 1.84 bits per heavy atom. The van der Waals surface area contributed by atoms with Gasteiger partial charge >= 0.3 is 0 Å². The predicted octanol–water partition coefficient (Wildman–Crippen LogP) is 1.33. The lowest BCUT2D eigenvalue weighted by molar-refractivity contribution is 0.0729. The highest BCUT2D eigenvalue weighted by Crippen LogP contribution is 2.31. The quantitative estimate of drug-likeness (QED) is 0.841. The zero-order chi connectivity index (χ0) is 14.0. The standard InChI is InChI=1S/C13H19NO4S/c1-10-8-11(2)13(17-3)12(9-10)19(15,16)14-4-6-18-7-5-14/h8-9H,4-7H2,1-3H3. The molecule has 19 heavy (non-hydrogen) atoms. The minimum Gasteiger partial charge on any atom is -0.495 e. The molecule has 0 aromatic heterocycles. The second-order valence-corrected chi connectivity index (χ2v) is 6.54. The molecule has 0 unspecified atom stereocenters. The summed E-state index contributed by atoms with van der Waals surface area (Å²) in [4.78, 5) is 0.245. The lowest BCUT2D eigenvalue weighted by Crippen LogP contribution is -2.40. The number of methoxy groups -OCH3 is 1. The minimum absolute atomic E-state index is 0.245. The Kier molecular flexibility index (Phi) is 4.13. The molecule has 0 bridgehead atoms. The summed E-state index contributed by atoms with van der Waals surface area (Å²) in [6.07, 6.45) is 0. The van der Waals surface area contributed by atoms with Crippen molar-refractivity contribution in [2.45, 2.75) is 18.7 Å². The van der Waals surface area contributed by atoms with Crippen LogP contribution in [0.15, 0.2) is 17.0 Å². The molecule has 0 spiro atoms. The summed E-state index contributed by atoms with van der Waals surface area (Å²) in [5.41, 5.74) is 1.74. The first-order chi connectivity index (χ1) is 8.96. The van der Waals surface area contributed by atoms with Crippen LogP contribution in [-0.2, 0) is 14.8 Å². The molecular weight excluding hydrogens is 266 g/mol. The SMILES string of the molecule is COc1c(C)cc(C)cc1S(=O)(=O)N1CCOCC1. The van der Waals surface area contributed by atoms with Crippen molar-refractivity contribution >= 4 is 10.0 Å². The molecule has 2 rings (SSSR count). The molecule has 1 aliphatic heterocycles. The summed E-state index contributed by atoms with van der Waals surface area (Å²) in [6.45, 7) is 5.38. The molecule has 0 saturated carbocycles. The molecule has 1 aromatic carbocycles. The van der Waals surface area contributed by atoms with Crippen molar-refractivity contribution in [2.75, 3.05) is 33.4 Å². The Morgan fingerprint density at radius 3 is 2.42 bits per heavy atom. The van der Waals surface area contributed by atoms with Crippen molar-refractivity contribution in [3.63, 3.8) is 0 Å². The largest absolute Gasteiger partial charge is 0.495 e. The maximum absolute atomic E-state index is 12.7. The van der Waals surface area contributed by atoms with Crippen molar-refractivity contribution in [3.8, 4) is 5.75 Å². The molecule has 1 saturated heterocycles. The molecule has 1 fully saturated rings. The molecule has 0 amide bonds. The first-order valence-corrected chi connectivity index (χ1v) is 7.64. The van der Waals surface area contributed by atoms with E-state index in [4.69, 9.17) is 9.47 Å². The summed E-state index contributed by atoms with van der Waals surface area (Å²) in [6, 6.07) is 3.58. The van der Waals surface area contributed by atoms with Crippen LogP contribution < -0.4 is 4.74 Å². The van der Waals surface area contributed by atoms with Gasteiger partial charge in [-0.15, -0.1) is 0 Å². The van der Waals surface area contributed by atoms with Gasteiger partial charge in [0.25, 0.3) is 0 Å². The monoisotopic (exact) mass is 285 g/mol. The third-order valence-electron chi connectivity index (χ3n) is 3.18. The average Bonchev–Trinajstić information content (AvgIpc) is 2.39. The fraction of sp³-hybridized carbons (Fsp3) is 0.538. The number of morpholine rings is 1. The normalized spacial score (nSPS) is 17.4. The van der Waals surface area contributed by atoms with Gasteiger partial charge in [0.2, 0.25) is 10.0 Å². The van der Waals surface area contributed by atoms with Crippen LogP contribution in [-0.4, -0.2) is 46.1 Å². The highest BCUT2D eigenvalue weighted by Gasteiger charge is 2.30. The van der Waals surface area contributed by atoms with Gasteiger partial charge in [-0.05, 0) is 31.0 Å². The molecule has 106 valence electrons. The summed E-state index contributed by atoms with van der Waals surface area (Å²) in [5, 5.41) is 0. The van der Waals surface area contributed by atoms with Gasteiger partial charge in [-0.2, -0.15) is 4.31 Å². The number of nitrogens with zero attached hydrogens (tertiary/aromatic N) is 1. The molecule has 1 aromatic rings. The predicted molar refractivity (Wildman–Crippen MR) is 72.0 cm³/mol. The highest BCUT2D eigenvalue weighted by molar-refractivity contribution is 7.89. The smallest absolute Gasteiger partial charge is 0.246 e. The average molecular weight is 285 g/mol. The second-order valence-electron chi connectivity index (χ2n) is 4.63. The van der Waals surface area contributed by atoms with Crippen LogP contribution in [0.3, 0.4) is 0 Å². The van der Waals surface area contributed by atoms with E-state index in [9.17, 15) is 8.42 Å². The summed E-state index contributed by atoms with van der Waals surface area (Å²) >= 11 is 0. The number of ether oxygens (including phenoxy) is 2. The number of rotatable bonds is 3. The molecule has 0 aliphatic carbocycles. The van der Waals surface area contributed by atoms with Crippen LogP contribution in [0.4, 0.5) is 0 Å². The Morgan fingerprint density at radius 1 is 1.21 bits per heavy atom. The van der Waals surface area contributed by atoms with Crippen LogP contribution in [0, 0.1) is 13.8 Å². The van der Waals surface area contributed by atoms with Gasteiger partial charge in [0.15, 0.2) is 0 Å². The Bertz CT molecular complexity index is 562. The van der Waals surface area contributed by atoms with E-state index in [2.05, 4.69) is 0 Å². The van der Waals surface area contributed by atoms with Gasteiger partial charge in [-0.1, -0.05) is 6.07 Å². The van der Waals surface area contributed by atoms with Crippen molar-refractivity contribution < 1.29 is 17.9 Å². The lowest BCUT2D eigenvalue weighted by atomic mass is 10.1. The molecule has 6 heteroatoms. The van der Waals surface area contributed by atoms with E-state index < -0.39 is 10.0 Å². The van der Waals surface area contributed by atoms with E-state index in [1.165, 1.54) is 11.4 Å². The van der Waals surface area contributed by atoms with Crippen LogP contribution in [0.2, 0.25) is 0 Å². The molecule has 5 nitrogen and oxygen atoms in total. The van der Waals surface area contributed by atoms with Gasteiger partial charge in [-0.3, -0.25) is 0 Å². The fourth-order valence-corrected chi connectivity index (χ4v) is 4.02.